The lowest BCUT2D eigenvalue weighted by Gasteiger charge is -2.48. The molecule has 0 amide bonds. The maximum Gasteiger partial charge on any atom is 0.0701 e. The average molecular weight is 305 g/mol. The number of hydrogen-bond acceptors (Lipinski definition) is 3. The molecule has 2 saturated heterocycles. The van der Waals surface area contributed by atoms with E-state index in [1.54, 1.807) is 0 Å². The molecule has 116 valence electrons. The summed E-state index contributed by atoms with van der Waals surface area (Å²) in [5.74, 6) is 3.01. The van der Waals surface area contributed by atoms with E-state index in [4.69, 9.17) is 10.5 Å². The van der Waals surface area contributed by atoms with E-state index in [9.17, 15) is 0 Å². The standard InChI is InChI=1S/C18H27NOS/c1-2-18(19,15-6-4-3-5-7-15)16-8-11-20-17(14-16)9-12-21-13-10-17/h3-7,16H,2,8-14,19H2,1H3. The van der Waals surface area contributed by atoms with Crippen molar-refractivity contribution in [2.24, 2.45) is 11.7 Å². The van der Waals surface area contributed by atoms with E-state index in [1.165, 1.54) is 29.9 Å². The first-order valence-corrected chi connectivity index (χ1v) is 9.40. The van der Waals surface area contributed by atoms with Gasteiger partial charge >= 0.3 is 0 Å². The van der Waals surface area contributed by atoms with Crippen molar-refractivity contribution < 1.29 is 4.74 Å². The predicted molar refractivity (Wildman–Crippen MR) is 90.6 cm³/mol. The van der Waals surface area contributed by atoms with E-state index in [-0.39, 0.29) is 11.1 Å². The van der Waals surface area contributed by atoms with Gasteiger partial charge in [-0.15, -0.1) is 0 Å². The molecule has 3 rings (SSSR count). The van der Waals surface area contributed by atoms with Gasteiger partial charge in [0.2, 0.25) is 0 Å². The first kappa shape index (κ1) is 15.4. The zero-order valence-electron chi connectivity index (χ0n) is 13.0. The Kier molecular flexibility index (Phi) is 4.63. The summed E-state index contributed by atoms with van der Waals surface area (Å²) >= 11 is 2.06. The third-order valence-electron chi connectivity index (χ3n) is 5.52. The van der Waals surface area contributed by atoms with Crippen LogP contribution in [-0.4, -0.2) is 23.7 Å². The normalized spacial score (nSPS) is 28.2. The minimum absolute atomic E-state index is 0.114. The van der Waals surface area contributed by atoms with Crippen LogP contribution in [0.3, 0.4) is 0 Å². The molecule has 0 aromatic heterocycles. The van der Waals surface area contributed by atoms with Gasteiger partial charge in [0.25, 0.3) is 0 Å². The van der Waals surface area contributed by atoms with Crippen LogP contribution < -0.4 is 5.73 Å². The molecule has 2 heterocycles. The Hall–Kier alpha value is -0.510. The van der Waals surface area contributed by atoms with Gasteiger partial charge < -0.3 is 10.5 Å². The average Bonchev–Trinajstić information content (AvgIpc) is 2.56. The van der Waals surface area contributed by atoms with Crippen LogP contribution in [-0.2, 0) is 10.3 Å². The molecule has 21 heavy (non-hydrogen) atoms. The Labute approximate surface area is 132 Å². The van der Waals surface area contributed by atoms with Crippen molar-refractivity contribution in [1.82, 2.24) is 0 Å². The Morgan fingerprint density at radius 2 is 2.00 bits per heavy atom. The van der Waals surface area contributed by atoms with Crippen LogP contribution in [0.25, 0.3) is 0 Å². The van der Waals surface area contributed by atoms with Gasteiger partial charge in [-0.25, -0.2) is 0 Å². The fourth-order valence-corrected chi connectivity index (χ4v) is 5.27. The highest BCUT2D eigenvalue weighted by atomic mass is 32.2. The van der Waals surface area contributed by atoms with E-state index in [2.05, 4.69) is 49.0 Å². The van der Waals surface area contributed by atoms with E-state index < -0.39 is 0 Å². The minimum atomic E-state index is -0.206. The van der Waals surface area contributed by atoms with Crippen LogP contribution in [0.1, 0.15) is 44.6 Å². The Morgan fingerprint density at radius 3 is 2.67 bits per heavy atom. The number of nitrogens with two attached hydrogens (primary N) is 1. The summed E-state index contributed by atoms with van der Waals surface area (Å²) in [6.07, 6.45) is 5.61. The van der Waals surface area contributed by atoms with Crippen molar-refractivity contribution in [2.45, 2.75) is 50.2 Å². The van der Waals surface area contributed by atoms with Gasteiger partial charge in [-0.3, -0.25) is 0 Å². The van der Waals surface area contributed by atoms with Gasteiger partial charge in [0, 0.05) is 12.1 Å². The summed E-state index contributed by atoms with van der Waals surface area (Å²) in [6, 6.07) is 10.7. The van der Waals surface area contributed by atoms with Gasteiger partial charge in [-0.2, -0.15) is 11.8 Å². The minimum Gasteiger partial charge on any atom is -0.375 e. The molecule has 0 radical (unpaired) electrons. The number of thioether (sulfide) groups is 1. The summed E-state index contributed by atoms with van der Waals surface area (Å²) in [6.45, 7) is 3.10. The highest BCUT2D eigenvalue weighted by Crippen LogP contribution is 2.46. The largest absolute Gasteiger partial charge is 0.375 e. The molecule has 1 spiro atoms. The number of hydrogen-bond donors (Lipinski definition) is 1. The van der Waals surface area contributed by atoms with Crippen LogP contribution in [0.4, 0.5) is 0 Å². The van der Waals surface area contributed by atoms with Crippen LogP contribution in [0.2, 0.25) is 0 Å². The van der Waals surface area contributed by atoms with Gasteiger partial charge in [-0.1, -0.05) is 37.3 Å². The van der Waals surface area contributed by atoms with Crippen molar-refractivity contribution in [1.29, 1.82) is 0 Å². The second-order valence-electron chi connectivity index (χ2n) is 6.59. The Bertz CT molecular complexity index is 452. The SMILES string of the molecule is CCC(N)(c1ccccc1)C1CCOC2(CCSCC2)C1. The Morgan fingerprint density at radius 1 is 1.29 bits per heavy atom. The molecule has 0 bridgehead atoms. The number of benzene rings is 1. The third-order valence-corrected chi connectivity index (χ3v) is 6.51. The van der Waals surface area contributed by atoms with Crippen molar-refractivity contribution in [2.75, 3.05) is 18.1 Å². The summed E-state index contributed by atoms with van der Waals surface area (Å²) in [7, 11) is 0. The van der Waals surface area contributed by atoms with Crippen molar-refractivity contribution in [3.05, 3.63) is 35.9 Å². The maximum absolute atomic E-state index is 6.92. The zero-order valence-corrected chi connectivity index (χ0v) is 13.8. The molecular weight excluding hydrogens is 278 g/mol. The fraction of sp³-hybridized carbons (Fsp3) is 0.667. The molecule has 3 heteroatoms. The lowest BCUT2D eigenvalue weighted by Crippen LogP contribution is -2.52. The molecule has 2 aliphatic rings. The molecule has 1 aromatic carbocycles. The number of ether oxygens (including phenoxy) is 1. The third kappa shape index (κ3) is 3.01. The molecule has 0 aliphatic carbocycles. The molecular formula is C18H27NOS. The van der Waals surface area contributed by atoms with Gasteiger partial charge in [-0.05, 0) is 55.1 Å². The van der Waals surface area contributed by atoms with Crippen LogP contribution in [0, 0.1) is 5.92 Å². The second kappa shape index (κ2) is 6.31. The molecule has 2 N–H and O–H groups in total. The molecule has 2 nitrogen and oxygen atoms in total. The van der Waals surface area contributed by atoms with E-state index in [0.29, 0.717) is 5.92 Å². The summed E-state index contributed by atoms with van der Waals surface area (Å²) < 4.78 is 6.24. The molecule has 0 saturated carbocycles. The monoisotopic (exact) mass is 305 g/mol. The fourth-order valence-electron chi connectivity index (χ4n) is 4.04. The molecule has 2 atom stereocenters. The smallest absolute Gasteiger partial charge is 0.0701 e. The van der Waals surface area contributed by atoms with Crippen LogP contribution in [0.5, 0.6) is 0 Å². The molecule has 1 aromatic rings. The van der Waals surface area contributed by atoms with Crippen molar-refractivity contribution in [3.63, 3.8) is 0 Å². The molecule has 2 aliphatic heterocycles. The second-order valence-corrected chi connectivity index (χ2v) is 7.82. The summed E-state index contributed by atoms with van der Waals surface area (Å²) in [4.78, 5) is 0. The molecule has 2 fully saturated rings. The predicted octanol–water partition coefficient (Wildman–Crippen LogP) is 3.94. The first-order chi connectivity index (χ1) is 10.2. The lowest BCUT2D eigenvalue weighted by atomic mass is 9.68. The summed E-state index contributed by atoms with van der Waals surface area (Å²) in [5.41, 5.74) is 8.12. The topological polar surface area (TPSA) is 35.2 Å². The number of rotatable bonds is 3. The van der Waals surface area contributed by atoms with Crippen LogP contribution >= 0.6 is 11.8 Å². The quantitative estimate of drug-likeness (QED) is 0.918. The maximum atomic E-state index is 6.92. The highest BCUT2D eigenvalue weighted by Gasteiger charge is 2.45. The highest BCUT2D eigenvalue weighted by molar-refractivity contribution is 7.99. The van der Waals surface area contributed by atoms with E-state index in [0.717, 1.165) is 25.9 Å². The lowest BCUT2D eigenvalue weighted by molar-refractivity contribution is -0.114. The summed E-state index contributed by atoms with van der Waals surface area (Å²) in [5, 5.41) is 0. The first-order valence-electron chi connectivity index (χ1n) is 8.25. The zero-order chi connectivity index (χ0) is 14.8. The Balaban J connectivity index is 1.83. The van der Waals surface area contributed by atoms with Gasteiger partial charge in [0.05, 0.1) is 5.60 Å². The van der Waals surface area contributed by atoms with Crippen LogP contribution in [0.15, 0.2) is 30.3 Å². The molecule has 2 unspecified atom stereocenters. The van der Waals surface area contributed by atoms with E-state index in [1.807, 2.05) is 0 Å². The van der Waals surface area contributed by atoms with Gasteiger partial charge in [0.15, 0.2) is 0 Å². The van der Waals surface area contributed by atoms with Crippen molar-refractivity contribution >= 4 is 11.8 Å². The van der Waals surface area contributed by atoms with Crippen molar-refractivity contribution in [3.8, 4) is 0 Å². The van der Waals surface area contributed by atoms with Gasteiger partial charge in [0.1, 0.15) is 0 Å². The van der Waals surface area contributed by atoms with E-state index >= 15 is 0 Å².